The Kier molecular flexibility index (Phi) is 2.26. The van der Waals surface area contributed by atoms with E-state index in [9.17, 15) is 4.79 Å². The highest BCUT2D eigenvalue weighted by molar-refractivity contribution is 5.86. The van der Waals surface area contributed by atoms with Crippen LogP contribution in [0.15, 0.2) is 12.4 Å². The van der Waals surface area contributed by atoms with Crippen LogP contribution in [0.1, 0.15) is 54.7 Å². The number of carbonyl (C=O) groups is 1. The molecule has 4 aliphatic rings. The highest BCUT2D eigenvalue weighted by atomic mass is 16.4. The van der Waals surface area contributed by atoms with E-state index >= 15 is 0 Å². The van der Waals surface area contributed by atoms with Crippen molar-refractivity contribution in [1.82, 2.24) is 9.97 Å². The third-order valence-electron chi connectivity index (χ3n) is 5.41. The quantitative estimate of drug-likeness (QED) is 0.885. The van der Waals surface area contributed by atoms with E-state index in [-0.39, 0.29) is 11.0 Å². The van der Waals surface area contributed by atoms with Crippen LogP contribution in [0.25, 0.3) is 0 Å². The van der Waals surface area contributed by atoms with Crippen LogP contribution in [0, 0.1) is 17.8 Å². The molecule has 1 aromatic heterocycles. The topological polar surface area (TPSA) is 63.1 Å². The van der Waals surface area contributed by atoms with Crippen molar-refractivity contribution in [3.05, 3.63) is 23.8 Å². The molecule has 4 bridgehead atoms. The molecule has 5 rings (SSSR count). The van der Waals surface area contributed by atoms with E-state index in [0.29, 0.717) is 0 Å². The zero-order valence-corrected chi connectivity index (χ0v) is 10.9. The van der Waals surface area contributed by atoms with Gasteiger partial charge in [-0.15, -0.1) is 0 Å². The summed E-state index contributed by atoms with van der Waals surface area (Å²) in [7, 11) is 0. The van der Waals surface area contributed by atoms with Gasteiger partial charge in [-0.1, -0.05) is 0 Å². The van der Waals surface area contributed by atoms with Crippen LogP contribution in [0.2, 0.25) is 0 Å². The molecule has 1 N–H and O–H groups in total. The predicted molar refractivity (Wildman–Crippen MR) is 68.8 cm³/mol. The zero-order valence-electron chi connectivity index (χ0n) is 10.9. The zero-order chi connectivity index (χ0) is 13.0. The van der Waals surface area contributed by atoms with Gasteiger partial charge in [0.1, 0.15) is 5.82 Å². The van der Waals surface area contributed by atoms with E-state index in [4.69, 9.17) is 5.11 Å². The molecule has 4 nitrogen and oxygen atoms in total. The molecule has 4 aliphatic carbocycles. The fourth-order valence-electron chi connectivity index (χ4n) is 5.10. The van der Waals surface area contributed by atoms with Gasteiger partial charge in [0.25, 0.3) is 0 Å². The molecule has 19 heavy (non-hydrogen) atoms. The SMILES string of the molecule is O=C(O)c1cnc(C23CC4CC(CC(C4)C2)C3)nc1. The van der Waals surface area contributed by atoms with E-state index in [0.717, 1.165) is 23.6 Å². The van der Waals surface area contributed by atoms with Crippen LogP contribution >= 0.6 is 0 Å². The highest BCUT2D eigenvalue weighted by Crippen LogP contribution is 2.59. The van der Waals surface area contributed by atoms with Crippen molar-refractivity contribution in [2.75, 3.05) is 0 Å². The number of hydrogen-bond acceptors (Lipinski definition) is 3. The Morgan fingerprint density at radius 1 is 1.05 bits per heavy atom. The van der Waals surface area contributed by atoms with Crippen LogP contribution < -0.4 is 0 Å². The summed E-state index contributed by atoms with van der Waals surface area (Å²) in [6.45, 7) is 0. The number of carboxylic acid groups (broad SMARTS) is 1. The minimum atomic E-state index is -0.947. The summed E-state index contributed by atoms with van der Waals surface area (Å²) in [5, 5.41) is 8.93. The van der Waals surface area contributed by atoms with E-state index in [1.165, 1.54) is 50.9 Å². The molecular formula is C15H18N2O2. The molecule has 4 fully saturated rings. The number of aromatic nitrogens is 2. The van der Waals surface area contributed by atoms with Gasteiger partial charge in [0, 0.05) is 17.8 Å². The second-order valence-corrected chi connectivity index (χ2v) is 6.80. The van der Waals surface area contributed by atoms with Gasteiger partial charge < -0.3 is 5.11 Å². The summed E-state index contributed by atoms with van der Waals surface area (Å²) in [6.07, 6.45) is 10.8. The predicted octanol–water partition coefficient (Wildman–Crippen LogP) is 2.64. The van der Waals surface area contributed by atoms with Gasteiger partial charge in [-0.2, -0.15) is 0 Å². The Labute approximate surface area is 112 Å². The lowest BCUT2D eigenvalue weighted by Crippen LogP contribution is -2.49. The van der Waals surface area contributed by atoms with Crippen molar-refractivity contribution < 1.29 is 9.90 Å². The summed E-state index contributed by atoms with van der Waals surface area (Å²) in [6, 6.07) is 0. The maximum absolute atomic E-state index is 10.9. The van der Waals surface area contributed by atoms with Crippen molar-refractivity contribution in [2.45, 2.75) is 43.9 Å². The van der Waals surface area contributed by atoms with Crippen molar-refractivity contribution in [2.24, 2.45) is 17.8 Å². The summed E-state index contributed by atoms with van der Waals surface area (Å²) >= 11 is 0. The minimum Gasteiger partial charge on any atom is -0.478 e. The summed E-state index contributed by atoms with van der Waals surface area (Å²) in [5.74, 6) is 2.52. The number of hydrogen-bond donors (Lipinski definition) is 1. The van der Waals surface area contributed by atoms with Gasteiger partial charge in [-0.3, -0.25) is 0 Å². The Bertz CT molecular complexity index is 488. The van der Waals surface area contributed by atoms with Gasteiger partial charge in [0.05, 0.1) is 5.56 Å². The van der Waals surface area contributed by atoms with E-state index < -0.39 is 5.97 Å². The monoisotopic (exact) mass is 258 g/mol. The molecule has 0 unspecified atom stereocenters. The first kappa shape index (κ1) is 11.4. The molecule has 4 heteroatoms. The van der Waals surface area contributed by atoms with Crippen molar-refractivity contribution in [1.29, 1.82) is 0 Å². The first-order chi connectivity index (χ1) is 9.14. The molecule has 0 spiro atoms. The average molecular weight is 258 g/mol. The fraction of sp³-hybridized carbons (Fsp3) is 0.667. The van der Waals surface area contributed by atoms with E-state index in [1.54, 1.807) is 0 Å². The van der Waals surface area contributed by atoms with Crippen molar-refractivity contribution in [3.8, 4) is 0 Å². The van der Waals surface area contributed by atoms with Gasteiger partial charge in [-0.25, -0.2) is 14.8 Å². The largest absolute Gasteiger partial charge is 0.478 e. The molecule has 0 aliphatic heterocycles. The van der Waals surface area contributed by atoms with Crippen LogP contribution in [0.3, 0.4) is 0 Å². The Balaban J connectivity index is 1.69. The summed E-state index contributed by atoms with van der Waals surface area (Å²) < 4.78 is 0. The third kappa shape index (κ3) is 1.69. The van der Waals surface area contributed by atoms with E-state index in [2.05, 4.69) is 9.97 Å². The third-order valence-corrected chi connectivity index (χ3v) is 5.41. The van der Waals surface area contributed by atoms with Crippen LogP contribution in [-0.2, 0) is 5.41 Å². The average Bonchev–Trinajstić information content (AvgIpc) is 2.37. The van der Waals surface area contributed by atoms with Gasteiger partial charge in [-0.05, 0) is 56.3 Å². The molecule has 1 aromatic rings. The van der Waals surface area contributed by atoms with E-state index in [1.807, 2.05) is 0 Å². The standard InChI is InChI=1S/C15H18N2O2/c18-13(19)12-7-16-14(17-8-12)15-4-9-1-10(5-15)3-11(2-9)6-15/h7-11H,1-6H2,(H,18,19). The van der Waals surface area contributed by atoms with Gasteiger partial charge in [0.15, 0.2) is 0 Å². The number of nitrogens with zero attached hydrogens (tertiary/aromatic N) is 2. The second-order valence-electron chi connectivity index (χ2n) is 6.80. The van der Waals surface area contributed by atoms with Gasteiger partial charge >= 0.3 is 5.97 Å². The molecule has 0 radical (unpaired) electrons. The molecule has 0 aromatic carbocycles. The molecule has 4 saturated carbocycles. The minimum absolute atomic E-state index is 0.159. The number of rotatable bonds is 2. The Hall–Kier alpha value is -1.45. The lowest BCUT2D eigenvalue weighted by atomic mass is 9.49. The van der Waals surface area contributed by atoms with Crippen LogP contribution in [0.5, 0.6) is 0 Å². The van der Waals surface area contributed by atoms with Crippen molar-refractivity contribution >= 4 is 5.97 Å². The highest BCUT2D eigenvalue weighted by Gasteiger charge is 2.53. The normalized spacial score (nSPS) is 39.5. The Morgan fingerprint density at radius 3 is 1.95 bits per heavy atom. The number of aromatic carboxylic acids is 1. The first-order valence-electron chi connectivity index (χ1n) is 7.20. The maximum Gasteiger partial charge on any atom is 0.338 e. The summed E-state index contributed by atoms with van der Waals surface area (Å²) in [5.41, 5.74) is 0.347. The Morgan fingerprint density at radius 2 is 1.53 bits per heavy atom. The van der Waals surface area contributed by atoms with Crippen LogP contribution in [-0.4, -0.2) is 21.0 Å². The fourth-order valence-corrected chi connectivity index (χ4v) is 5.10. The van der Waals surface area contributed by atoms with Crippen molar-refractivity contribution in [3.63, 3.8) is 0 Å². The maximum atomic E-state index is 10.9. The molecule has 0 amide bonds. The molecular weight excluding hydrogens is 240 g/mol. The lowest BCUT2D eigenvalue weighted by Gasteiger charge is -2.55. The smallest absolute Gasteiger partial charge is 0.338 e. The van der Waals surface area contributed by atoms with Crippen LogP contribution in [0.4, 0.5) is 0 Å². The summed E-state index contributed by atoms with van der Waals surface area (Å²) in [4.78, 5) is 19.7. The second kappa shape index (κ2) is 3.78. The first-order valence-corrected chi connectivity index (χ1v) is 7.20. The molecule has 0 saturated heterocycles. The molecule has 0 atom stereocenters. The van der Waals surface area contributed by atoms with Gasteiger partial charge in [0.2, 0.25) is 0 Å². The molecule has 100 valence electrons. The molecule has 1 heterocycles. The number of carboxylic acids is 1. The lowest BCUT2D eigenvalue weighted by molar-refractivity contribution is -0.00944.